The molecule has 0 amide bonds. The number of hydrogen-bond donors (Lipinski definition) is 2. The van der Waals surface area contributed by atoms with Gasteiger partial charge in [0.2, 0.25) is 10.0 Å². The third-order valence-corrected chi connectivity index (χ3v) is 7.02. The fourth-order valence-electron chi connectivity index (χ4n) is 2.15. The minimum atomic E-state index is -3.60. The number of halogens is 1. The molecule has 20 heavy (non-hydrogen) atoms. The van der Waals surface area contributed by atoms with Crippen molar-refractivity contribution in [1.29, 1.82) is 0 Å². The highest BCUT2D eigenvalue weighted by Crippen LogP contribution is 2.27. The normalized spacial score (nSPS) is 23.7. The molecule has 2 rings (SSSR count). The van der Waals surface area contributed by atoms with Gasteiger partial charge < -0.3 is 5.73 Å². The SMILES string of the molecule is Cc1cc(Br)c(N)cc1S(=O)(=O)NC1CCS(=O)CC1. The molecule has 3 N–H and O–H groups in total. The molecule has 0 aromatic heterocycles. The summed E-state index contributed by atoms with van der Waals surface area (Å²) in [6, 6.07) is 3.00. The summed E-state index contributed by atoms with van der Waals surface area (Å²) in [4.78, 5) is 0.199. The molecule has 0 unspecified atom stereocenters. The van der Waals surface area contributed by atoms with Crippen molar-refractivity contribution in [3.8, 4) is 0 Å². The van der Waals surface area contributed by atoms with Crippen molar-refractivity contribution >= 4 is 42.4 Å². The second-order valence-corrected chi connectivity index (χ2v) is 9.12. The summed E-state index contributed by atoms with van der Waals surface area (Å²) < 4.78 is 39.5. The highest BCUT2D eigenvalue weighted by atomic mass is 79.9. The third kappa shape index (κ3) is 3.60. The predicted molar refractivity (Wildman–Crippen MR) is 84.5 cm³/mol. The molecule has 0 spiro atoms. The van der Waals surface area contributed by atoms with Crippen molar-refractivity contribution in [1.82, 2.24) is 4.72 Å². The van der Waals surface area contributed by atoms with E-state index >= 15 is 0 Å². The van der Waals surface area contributed by atoms with E-state index in [0.29, 0.717) is 40.1 Å². The van der Waals surface area contributed by atoms with E-state index in [9.17, 15) is 12.6 Å². The first kappa shape index (κ1) is 15.9. The van der Waals surface area contributed by atoms with Gasteiger partial charge in [0.05, 0.1) is 4.90 Å². The summed E-state index contributed by atoms with van der Waals surface area (Å²) >= 11 is 3.28. The molecule has 0 atom stereocenters. The Morgan fingerprint density at radius 2 is 1.95 bits per heavy atom. The Kier molecular flexibility index (Phi) is 4.88. The van der Waals surface area contributed by atoms with Gasteiger partial charge in [0.25, 0.3) is 0 Å². The van der Waals surface area contributed by atoms with Crippen LogP contribution in [0.4, 0.5) is 5.69 Å². The fourth-order valence-corrected chi connectivity index (χ4v) is 5.48. The maximum absolute atomic E-state index is 12.4. The molecule has 1 heterocycles. The maximum Gasteiger partial charge on any atom is 0.241 e. The van der Waals surface area contributed by atoms with Crippen LogP contribution in [0.15, 0.2) is 21.5 Å². The summed E-state index contributed by atoms with van der Waals surface area (Å²) in [7, 11) is -4.40. The number of nitrogens with one attached hydrogen (secondary N) is 1. The van der Waals surface area contributed by atoms with Crippen LogP contribution in [0.2, 0.25) is 0 Å². The van der Waals surface area contributed by atoms with Gasteiger partial charge in [0, 0.05) is 38.5 Å². The number of aryl methyl sites for hydroxylation is 1. The van der Waals surface area contributed by atoms with E-state index in [-0.39, 0.29) is 10.9 Å². The van der Waals surface area contributed by atoms with Gasteiger partial charge in [-0.3, -0.25) is 4.21 Å². The maximum atomic E-state index is 12.4. The molecule has 0 radical (unpaired) electrons. The lowest BCUT2D eigenvalue weighted by molar-refractivity contribution is 0.521. The van der Waals surface area contributed by atoms with Gasteiger partial charge in [-0.15, -0.1) is 0 Å². The summed E-state index contributed by atoms with van der Waals surface area (Å²) in [5.41, 5.74) is 6.78. The molecule has 1 aliphatic rings. The van der Waals surface area contributed by atoms with E-state index < -0.39 is 20.8 Å². The minimum Gasteiger partial charge on any atom is -0.398 e. The van der Waals surface area contributed by atoms with E-state index in [4.69, 9.17) is 5.73 Å². The van der Waals surface area contributed by atoms with Gasteiger partial charge in [-0.05, 0) is 53.4 Å². The number of anilines is 1. The standard InChI is InChI=1S/C12H17BrN2O3S2/c1-8-6-10(13)11(14)7-12(8)20(17,18)15-9-2-4-19(16)5-3-9/h6-7,9,15H,2-5,14H2,1H3. The predicted octanol–water partition coefficient (Wildman–Crippen LogP) is 1.53. The summed E-state index contributed by atoms with van der Waals surface area (Å²) in [5.74, 6) is 1.10. The van der Waals surface area contributed by atoms with Gasteiger partial charge in [0.1, 0.15) is 0 Å². The number of hydrogen-bond acceptors (Lipinski definition) is 4. The zero-order valence-electron chi connectivity index (χ0n) is 11.1. The Bertz CT molecular complexity index is 636. The largest absolute Gasteiger partial charge is 0.398 e. The average molecular weight is 381 g/mol. The van der Waals surface area contributed by atoms with Crippen molar-refractivity contribution in [2.45, 2.75) is 30.7 Å². The molecule has 1 aliphatic heterocycles. The van der Waals surface area contributed by atoms with Crippen LogP contribution in [0.5, 0.6) is 0 Å². The van der Waals surface area contributed by atoms with E-state index in [0.717, 1.165) is 0 Å². The zero-order valence-corrected chi connectivity index (χ0v) is 14.3. The molecule has 5 nitrogen and oxygen atoms in total. The monoisotopic (exact) mass is 380 g/mol. The van der Waals surface area contributed by atoms with Crippen molar-refractivity contribution in [2.24, 2.45) is 0 Å². The second kappa shape index (κ2) is 6.13. The van der Waals surface area contributed by atoms with Crippen molar-refractivity contribution in [2.75, 3.05) is 17.2 Å². The van der Waals surface area contributed by atoms with Gasteiger partial charge in [-0.2, -0.15) is 0 Å². The molecule has 1 aromatic rings. The molecule has 1 saturated heterocycles. The van der Waals surface area contributed by atoms with E-state index in [1.54, 1.807) is 13.0 Å². The van der Waals surface area contributed by atoms with Crippen LogP contribution < -0.4 is 10.5 Å². The average Bonchev–Trinajstić information content (AvgIpc) is 2.36. The molecular formula is C12H17BrN2O3S2. The second-order valence-electron chi connectivity index (χ2n) is 4.88. The summed E-state index contributed by atoms with van der Waals surface area (Å²) in [5, 5.41) is 0. The number of benzene rings is 1. The van der Waals surface area contributed by atoms with Crippen LogP contribution in [0.1, 0.15) is 18.4 Å². The van der Waals surface area contributed by atoms with Crippen molar-refractivity contribution < 1.29 is 12.6 Å². The smallest absolute Gasteiger partial charge is 0.241 e. The lowest BCUT2D eigenvalue weighted by atomic mass is 10.2. The zero-order chi connectivity index (χ0) is 14.9. The molecule has 0 aliphatic carbocycles. The van der Waals surface area contributed by atoms with Crippen LogP contribution in [0.3, 0.4) is 0 Å². The van der Waals surface area contributed by atoms with Crippen LogP contribution in [-0.2, 0) is 20.8 Å². The first-order valence-electron chi connectivity index (χ1n) is 6.22. The van der Waals surface area contributed by atoms with Crippen LogP contribution in [-0.4, -0.2) is 30.2 Å². The highest BCUT2D eigenvalue weighted by molar-refractivity contribution is 9.10. The quantitative estimate of drug-likeness (QED) is 0.778. The number of nitrogens with two attached hydrogens (primary N) is 1. The fraction of sp³-hybridized carbons (Fsp3) is 0.500. The molecule has 0 saturated carbocycles. The van der Waals surface area contributed by atoms with Crippen molar-refractivity contribution in [3.63, 3.8) is 0 Å². The molecule has 112 valence electrons. The van der Waals surface area contributed by atoms with Crippen LogP contribution in [0, 0.1) is 6.92 Å². The van der Waals surface area contributed by atoms with Crippen LogP contribution >= 0.6 is 15.9 Å². The Morgan fingerprint density at radius 3 is 2.55 bits per heavy atom. The number of nitrogen functional groups attached to an aromatic ring is 1. The molecule has 0 bridgehead atoms. The van der Waals surface area contributed by atoms with Gasteiger partial charge in [-0.1, -0.05) is 0 Å². The first-order chi connectivity index (χ1) is 9.29. The molecule has 8 heteroatoms. The Morgan fingerprint density at radius 1 is 1.35 bits per heavy atom. The van der Waals surface area contributed by atoms with E-state index in [1.807, 2.05) is 0 Å². The van der Waals surface area contributed by atoms with Crippen LogP contribution in [0.25, 0.3) is 0 Å². The van der Waals surface area contributed by atoms with Gasteiger partial charge in [0.15, 0.2) is 0 Å². The Hall–Kier alpha value is -0.440. The number of sulfonamides is 1. The summed E-state index contributed by atoms with van der Waals surface area (Å²) in [6.45, 7) is 1.73. The third-order valence-electron chi connectivity index (χ3n) is 3.29. The van der Waals surface area contributed by atoms with E-state index in [1.165, 1.54) is 6.07 Å². The highest BCUT2D eigenvalue weighted by Gasteiger charge is 2.25. The topological polar surface area (TPSA) is 89.3 Å². The van der Waals surface area contributed by atoms with E-state index in [2.05, 4.69) is 20.7 Å². The van der Waals surface area contributed by atoms with Gasteiger partial charge in [-0.25, -0.2) is 13.1 Å². The molecule has 1 fully saturated rings. The molecular weight excluding hydrogens is 364 g/mol. The summed E-state index contributed by atoms with van der Waals surface area (Å²) in [6.07, 6.45) is 1.22. The lowest BCUT2D eigenvalue weighted by Gasteiger charge is -2.23. The Balaban J connectivity index is 2.22. The van der Waals surface area contributed by atoms with Gasteiger partial charge >= 0.3 is 0 Å². The van der Waals surface area contributed by atoms with Crippen molar-refractivity contribution in [3.05, 3.63) is 22.2 Å². The first-order valence-corrected chi connectivity index (χ1v) is 9.99. The Labute approximate surface area is 130 Å². The lowest BCUT2D eigenvalue weighted by Crippen LogP contribution is -2.39. The number of rotatable bonds is 3. The minimum absolute atomic E-state index is 0.151. The molecule has 1 aromatic carbocycles.